The molecule has 0 amide bonds. The van der Waals surface area contributed by atoms with Crippen LogP contribution in [0.1, 0.15) is 0 Å². The number of anilines is 3. The summed E-state index contributed by atoms with van der Waals surface area (Å²) >= 11 is 0. The fourth-order valence-corrected chi connectivity index (χ4v) is 8.13. The van der Waals surface area contributed by atoms with Crippen molar-refractivity contribution in [2.24, 2.45) is 0 Å². The Bertz CT molecular complexity index is 2830. The highest BCUT2D eigenvalue weighted by Gasteiger charge is 2.23. The Morgan fingerprint density at radius 1 is 0.304 bits per heavy atom. The van der Waals surface area contributed by atoms with Crippen molar-refractivity contribution in [2.45, 2.75) is 0 Å². The van der Waals surface area contributed by atoms with Gasteiger partial charge in [-0.25, -0.2) is 0 Å². The number of para-hydroxylation sites is 1. The summed E-state index contributed by atoms with van der Waals surface area (Å²) in [6.07, 6.45) is 0. The van der Waals surface area contributed by atoms with Crippen LogP contribution in [0, 0.1) is 0 Å². The van der Waals surface area contributed by atoms with Crippen LogP contribution in [-0.4, -0.2) is 4.57 Å². The maximum atomic E-state index is 2.47. The lowest BCUT2D eigenvalue weighted by molar-refractivity contribution is 1.18. The van der Waals surface area contributed by atoms with Crippen molar-refractivity contribution in [1.82, 2.24) is 4.57 Å². The monoisotopic (exact) mass is 714 g/mol. The average Bonchev–Trinajstić information content (AvgIpc) is 3.63. The molecule has 0 aliphatic heterocycles. The average molecular weight is 715 g/mol. The molecule has 0 aliphatic carbocycles. The van der Waals surface area contributed by atoms with Crippen molar-refractivity contribution in [3.05, 3.63) is 231 Å². The molecular formula is C54H38N2. The molecule has 0 saturated heterocycles. The van der Waals surface area contributed by atoms with Crippen molar-refractivity contribution in [1.29, 1.82) is 0 Å². The summed E-state index contributed by atoms with van der Waals surface area (Å²) in [6.45, 7) is 0. The van der Waals surface area contributed by atoms with Gasteiger partial charge in [0.05, 0.1) is 22.4 Å². The lowest BCUT2D eigenvalue weighted by atomic mass is 9.98. The van der Waals surface area contributed by atoms with Crippen LogP contribution in [0.4, 0.5) is 17.1 Å². The van der Waals surface area contributed by atoms with Crippen molar-refractivity contribution in [2.75, 3.05) is 4.90 Å². The van der Waals surface area contributed by atoms with Gasteiger partial charge < -0.3 is 9.47 Å². The standard InChI is InChI=1S/C54H38N2/c1-5-16-39(17-6-1)42-28-33-46(34-29-42)55(47-35-30-43(31-36-47)40-18-7-2-8-19-40)51-26-15-27-52-54(51)49-24-13-14-25-50(49)56(52)53-38-45(41-20-9-3-10-21-41)32-37-48(53)44-22-11-4-12-23-44/h1-38H. The van der Waals surface area contributed by atoms with E-state index in [1.54, 1.807) is 0 Å². The van der Waals surface area contributed by atoms with E-state index in [9.17, 15) is 0 Å². The van der Waals surface area contributed by atoms with Crippen LogP contribution >= 0.6 is 0 Å². The Kier molecular flexibility index (Phi) is 8.55. The van der Waals surface area contributed by atoms with E-state index in [-0.39, 0.29) is 0 Å². The lowest BCUT2D eigenvalue weighted by Gasteiger charge is -2.27. The van der Waals surface area contributed by atoms with Crippen LogP contribution in [0.5, 0.6) is 0 Å². The number of rotatable bonds is 8. The van der Waals surface area contributed by atoms with Crippen LogP contribution in [0.15, 0.2) is 231 Å². The molecule has 2 heteroatoms. The number of fused-ring (bicyclic) bond motifs is 3. The van der Waals surface area contributed by atoms with E-state index in [1.165, 1.54) is 55.3 Å². The first-order valence-electron chi connectivity index (χ1n) is 19.2. The topological polar surface area (TPSA) is 8.17 Å². The lowest BCUT2D eigenvalue weighted by Crippen LogP contribution is -2.10. The van der Waals surface area contributed by atoms with Crippen LogP contribution in [0.3, 0.4) is 0 Å². The van der Waals surface area contributed by atoms with E-state index in [2.05, 4.69) is 240 Å². The smallest absolute Gasteiger partial charge is 0.0562 e. The fraction of sp³-hybridized carbons (Fsp3) is 0. The van der Waals surface area contributed by atoms with E-state index in [0.29, 0.717) is 0 Å². The van der Waals surface area contributed by atoms with Gasteiger partial charge >= 0.3 is 0 Å². The second kappa shape index (κ2) is 14.4. The molecule has 56 heavy (non-hydrogen) atoms. The van der Waals surface area contributed by atoms with Crippen LogP contribution in [0.25, 0.3) is 72.0 Å². The van der Waals surface area contributed by atoms with Gasteiger partial charge in [-0.15, -0.1) is 0 Å². The van der Waals surface area contributed by atoms with Gasteiger partial charge in [-0.1, -0.05) is 182 Å². The molecule has 10 aromatic rings. The molecule has 0 bridgehead atoms. The van der Waals surface area contributed by atoms with Gasteiger partial charge in [-0.2, -0.15) is 0 Å². The minimum Gasteiger partial charge on any atom is -0.310 e. The van der Waals surface area contributed by atoms with Crippen LogP contribution in [0.2, 0.25) is 0 Å². The molecule has 0 fully saturated rings. The molecule has 0 unspecified atom stereocenters. The normalized spacial score (nSPS) is 11.2. The molecule has 0 atom stereocenters. The molecule has 0 spiro atoms. The number of hydrogen-bond donors (Lipinski definition) is 0. The molecule has 0 N–H and O–H groups in total. The van der Waals surface area contributed by atoms with Crippen molar-refractivity contribution in [3.63, 3.8) is 0 Å². The summed E-state index contributed by atoms with van der Waals surface area (Å²) in [6, 6.07) is 83.1. The molecule has 2 nitrogen and oxygen atoms in total. The quantitative estimate of drug-likeness (QED) is 0.152. The first-order chi connectivity index (χ1) is 27.8. The molecule has 1 aromatic heterocycles. The molecule has 0 radical (unpaired) electrons. The highest BCUT2D eigenvalue weighted by molar-refractivity contribution is 6.17. The van der Waals surface area contributed by atoms with Crippen LogP contribution < -0.4 is 4.90 Å². The summed E-state index contributed by atoms with van der Waals surface area (Å²) in [4.78, 5) is 2.42. The minimum atomic E-state index is 1.09. The molecule has 264 valence electrons. The van der Waals surface area contributed by atoms with E-state index in [1.807, 2.05) is 0 Å². The first kappa shape index (κ1) is 33.2. The second-order valence-electron chi connectivity index (χ2n) is 14.1. The predicted octanol–water partition coefficient (Wildman–Crippen LogP) is 14.9. The summed E-state index contributed by atoms with van der Waals surface area (Å²) in [5.41, 5.74) is 16.3. The van der Waals surface area contributed by atoms with E-state index < -0.39 is 0 Å². The fourth-order valence-electron chi connectivity index (χ4n) is 8.13. The Labute approximate surface area is 327 Å². The van der Waals surface area contributed by atoms with Crippen molar-refractivity contribution >= 4 is 38.9 Å². The zero-order chi connectivity index (χ0) is 37.3. The number of aromatic nitrogens is 1. The van der Waals surface area contributed by atoms with Gasteiger partial charge in [0.25, 0.3) is 0 Å². The zero-order valence-corrected chi connectivity index (χ0v) is 30.8. The van der Waals surface area contributed by atoms with Gasteiger partial charge in [0, 0.05) is 27.7 Å². The first-order valence-corrected chi connectivity index (χ1v) is 19.2. The maximum absolute atomic E-state index is 2.47. The van der Waals surface area contributed by atoms with Gasteiger partial charge in [-0.05, 0) is 87.5 Å². The molecule has 0 aliphatic rings. The van der Waals surface area contributed by atoms with Gasteiger partial charge in [0.1, 0.15) is 0 Å². The van der Waals surface area contributed by atoms with E-state index in [4.69, 9.17) is 0 Å². The maximum Gasteiger partial charge on any atom is 0.0562 e. The predicted molar refractivity (Wildman–Crippen MR) is 237 cm³/mol. The Morgan fingerprint density at radius 2 is 0.732 bits per heavy atom. The Hall–Kier alpha value is -7.42. The minimum absolute atomic E-state index is 1.09. The molecule has 1 heterocycles. The van der Waals surface area contributed by atoms with Gasteiger partial charge in [0.15, 0.2) is 0 Å². The Morgan fingerprint density at radius 3 is 1.29 bits per heavy atom. The van der Waals surface area contributed by atoms with Crippen molar-refractivity contribution in [3.8, 4) is 50.2 Å². The molecule has 0 saturated carbocycles. The SMILES string of the molecule is c1ccc(-c2ccc(N(c3ccc(-c4ccccc4)cc3)c3cccc4c3c3ccccc3n4-c3cc(-c4ccccc4)ccc3-c3ccccc3)cc2)cc1. The van der Waals surface area contributed by atoms with E-state index in [0.717, 1.165) is 33.8 Å². The zero-order valence-electron chi connectivity index (χ0n) is 30.8. The number of nitrogens with zero attached hydrogens (tertiary/aromatic N) is 2. The number of hydrogen-bond acceptors (Lipinski definition) is 1. The van der Waals surface area contributed by atoms with Gasteiger partial charge in [-0.3, -0.25) is 0 Å². The van der Waals surface area contributed by atoms with Crippen LogP contribution in [-0.2, 0) is 0 Å². The largest absolute Gasteiger partial charge is 0.310 e. The third kappa shape index (κ3) is 6.04. The summed E-state index contributed by atoms with van der Waals surface area (Å²) in [5, 5.41) is 2.40. The molecule has 9 aromatic carbocycles. The summed E-state index contributed by atoms with van der Waals surface area (Å²) in [5.74, 6) is 0. The second-order valence-corrected chi connectivity index (χ2v) is 14.1. The molecule has 10 rings (SSSR count). The highest BCUT2D eigenvalue weighted by Crippen LogP contribution is 2.45. The summed E-state index contributed by atoms with van der Waals surface area (Å²) < 4.78 is 2.47. The Balaban J connectivity index is 1.22. The summed E-state index contributed by atoms with van der Waals surface area (Å²) in [7, 11) is 0. The third-order valence-electron chi connectivity index (χ3n) is 10.8. The highest BCUT2D eigenvalue weighted by atomic mass is 15.1. The molecular weight excluding hydrogens is 677 g/mol. The number of benzene rings is 9. The van der Waals surface area contributed by atoms with Gasteiger partial charge in [0.2, 0.25) is 0 Å². The third-order valence-corrected chi connectivity index (χ3v) is 10.8. The van der Waals surface area contributed by atoms with E-state index >= 15 is 0 Å². The van der Waals surface area contributed by atoms with Crippen molar-refractivity contribution < 1.29 is 0 Å².